The van der Waals surface area contributed by atoms with Gasteiger partial charge in [-0.25, -0.2) is 13.6 Å². The maximum absolute atomic E-state index is 14.8. The monoisotopic (exact) mass is 494 g/mol. The van der Waals surface area contributed by atoms with Crippen LogP contribution in [0.25, 0.3) is 16.7 Å². The Kier molecular flexibility index (Phi) is 7.72. The van der Waals surface area contributed by atoms with E-state index in [0.717, 1.165) is 0 Å². The van der Waals surface area contributed by atoms with Gasteiger partial charge in [0.25, 0.3) is 0 Å². The predicted octanol–water partition coefficient (Wildman–Crippen LogP) is 6.95. The van der Waals surface area contributed by atoms with E-state index in [1.165, 1.54) is 30.3 Å². The van der Waals surface area contributed by atoms with Gasteiger partial charge in [0.05, 0.1) is 17.8 Å². The van der Waals surface area contributed by atoms with Gasteiger partial charge in [0, 0.05) is 17.7 Å². The van der Waals surface area contributed by atoms with Crippen molar-refractivity contribution in [1.29, 1.82) is 0 Å². The zero-order valence-corrected chi connectivity index (χ0v) is 19.8. The zero-order chi connectivity index (χ0) is 25.8. The zero-order valence-electron chi connectivity index (χ0n) is 19.8. The first-order valence-corrected chi connectivity index (χ1v) is 11.6. The van der Waals surface area contributed by atoms with Crippen LogP contribution in [-0.2, 0) is 4.74 Å². The number of carbonyl (C=O) groups excluding carboxylic acids is 1. The van der Waals surface area contributed by atoms with Crippen molar-refractivity contribution >= 4 is 11.5 Å². The van der Waals surface area contributed by atoms with Gasteiger partial charge in [0.1, 0.15) is 5.83 Å². The van der Waals surface area contributed by atoms with E-state index >= 15 is 0 Å². The molecule has 0 fully saturated rings. The van der Waals surface area contributed by atoms with Crippen molar-refractivity contribution in [2.24, 2.45) is 0 Å². The minimum absolute atomic E-state index is 0.00351. The molecule has 0 bridgehead atoms. The molecule has 3 aromatic rings. The van der Waals surface area contributed by atoms with Crippen molar-refractivity contribution in [3.8, 4) is 16.9 Å². The van der Waals surface area contributed by atoms with Crippen LogP contribution in [0.3, 0.4) is 0 Å². The van der Waals surface area contributed by atoms with Crippen molar-refractivity contribution in [1.82, 2.24) is 0 Å². The molecule has 2 atom stereocenters. The maximum atomic E-state index is 14.8. The minimum Gasteiger partial charge on any atom is -0.420 e. The summed E-state index contributed by atoms with van der Waals surface area (Å²) in [4.78, 5) is 12.5. The molecule has 2 unspecified atom stereocenters. The lowest BCUT2D eigenvalue weighted by atomic mass is 9.96. The SMILES string of the molecule is CCOC1C=C(F)C(c2ccc(C(=O)Oc3ccc(-c4ccc(C(C)O)cc4)c(F)c3F)cc2)=CC1. The summed E-state index contributed by atoms with van der Waals surface area (Å²) in [7, 11) is 0. The second-order valence-electron chi connectivity index (χ2n) is 8.37. The first-order valence-electron chi connectivity index (χ1n) is 11.6. The Morgan fingerprint density at radius 1 is 0.972 bits per heavy atom. The van der Waals surface area contributed by atoms with Crippen LogP contribution in [0.5, 0.6) is 5.75 Å². The summed E-state index contributed by atoms with van der Waals surface area (Å²) in [6.07, 6.45) is 2.70. The molecule has 36 heavy (non-hydrogen) atoms. The maximum Gasteiger partial charge on any atom is 0.343 e. The van der Waals surface area contributed by atoms with Crippen LogP contribution in [0.15, 0.2) is 78.6 Å². The Balaban J connectivity index is 1.48. The molecule has 0 saturated heterocycles. The molecule has 0 aliphatic heterocycles. The van der Waals surface area contributed by atoms with Gasteiger partial charge in [-0.1, -0.05) is 42.5 Å². The van der Waals surface area contributed by atoms with E-state index in [2.05, 4.69) is 0 Å². The van der Waals surface area contributed by atoms with Crippen molar-refractivity contribution in [2.45, 2.75) is 32.5 Å². The fourth-order valence-corrected chi connectivity index (χ4v) is 3.96. The molecule has 0 heterocycles. The normalized spacial score (nSPS) is 16.2. The topological polar surface area (TPSA) is 55.8 Å². The average molecular weight is 495 g/mol. The molecule has 0 amide bonds. The number of esters is 1. The number of hydrogen-bond acceptors (Lipinski definition) is 4. The van der Waals surface area contributed by atoms with E-state index in [0.29, 0.717) is 35.3 Å². The number of allylic oxidation sites excluding steroid dienone is 2. The first-order chi connectivity index (χ1) is 17.3. The van der Waals surface area contributed by atoms with Gasteiger partial charge in [0.2, 0.25) is 5.82 Å². The minimum atomic E-state index is -1.29. The molecule has 186 valence electrons. The highest BCUT2D eigenvalue weighted by molar-refractivity contribution is 5.92. The Labute approximate surface area is 207 Å². The van der Waals surface area contributed by atoms with Crippen LogP contribution in [0.2, 0.25) is 0 Å². The quantitative estimate of drug-likeness (QED) is 0.285. The smallest absolute Gasteiger partial charge is 0.343 e. The van der Waals surface area contributed by atoms with Gasteiger partial charge in [-0.05, 0) is 67.3 Å². The van der Waals surface area contributed by atoms with Gasteiger partial charge in [-0.15, -0.1) is 0 Å². The van der Waals surface area contributed by atoms with Crippen LogP contribution >= 0.6 is 0 Å². The molecule has 0 aromatic heterocycles. The van der Waals surface area contributed by atoms with Crippen molar-refractivity contribution in [2.75, 3.05) is 6.61 Å². The van der Waals surface area contributed by atoms with E-state index in [-0.39, 0.29) is 17.2 Å². The number of rotatable bonds is 7. The fourth-order valence-electron chi connectivity index (χ4n) is 3.96. The van der Waals surface area contributed by atoms with Crippen LogP contribution < -0.4 is 4.74 Å². The van der Waals surface area contributed by atoms with Crippen molar-refractivity contribution in [3.63, 3.8) is 0 Å². The molecular formula is C29H25F3O4. The average Bonchev–Trinajstić information content (AvgIpc) is 2.87. The number of hydrogen-bond donors (Lipinski definition) is 1. The third-order valence-electron chi connectivity index (χ3n) is 5.91. The lowest BCUT2D eigenvalue weighted by Gasteiger charge is -2.18. The van der Waals surface area contributed by atoms with Gasteiger partial charge in [-0.3, -0.25) is 0 Å². The summed E-state index contributed by atoms with van der Waals surface area (Å²) in [5.74, 6) is -4.28. The number of aliphatic hydroxyl groups excluding tert-OH is 1. The summed E-state index contributed by atoms with van der Waals surface area (Å²) in [5, 5.41) is 9.61. The van der Waals surface area contributed by atoms with E-state index in [1.807, 2.05) is 6.92 Å². The summed E-state index contributed by atoms with van der Waals surface area (Å²) in [6.45, 7) is 3.93. The highest BCUT2D eigenvalue weighted by atomic mass is 19.2. The lowest BCUT2D eigenvalue weighted by Crippen LogP contribution is -2.13. The second-order valence-corrected chi connectivity index (χ2v) is 8.37. The molecule has 4 rings (SSSR count). The molecule has 7 heteroatoms. The lowest BCUT2D eigenvalue weighted by molar-refractivity contribution is 0.0726. The van der Waals surface area contributed by atoms with Crippen molar-refractivity contribution < 1.29 is 32.5 Å². The molecule has 0 radical (unpaired) electrons. The largest absolute Gasteiger partial charge is 0.420 e. The Morgan fingerprint density at radius 3 is 2.25 bits per heavy atom. The molecule has 0 spiro atoms. The van der Waals surface area contributed by atoms with Gasteiger partial charge in [-0.2, -0.15) is 4.39 Å². The number of aliphatic hydroxyl groups is 1. The van der Waals surface area contributed by atoms with Crippen LogP contribution in [-0.4, -0.2) is 23.8 Å². The molecule has 1 aliphatic rings. The number of ether oxygens (including phenoxy) is 2. The van der Waals surface area contributed by atoms with Crippen molar-refractivity contribution in [3.05, 3.63) is 107 Å². The van der Waals surface area contributed by atoms with Crippen LogP contribution in [0.1, 0.15) is 47.9 Å². The molecule has 4 nitrogen and oxygen atoms in total. The molecule has 0 saturated carbocycles. The van der Waals surface area contributed by atoms with Crippen LogP contribution in [0, 0.1) is 11.6 Å². The predicted molar refractivity (Wildman–Crippen MR) is 131 cm³/mol. The number of benzene rings is 3. The third kappa shape index (κ3) is 5.42. The van der Waals surface area contributed by atoms with E-state index < -0.39 is 35.3 Å². The van der Waals surface area contributed by atoms with Crippen LogP contribution in [0.4, 0.5) is 13.2 Å². The molecular weight excluding hydrogens is 469 g/mol. The Morgan fingerprint density at radius 2 is 1.64 bits per heavy atom. The van der Waals surface area contributed by atoms with E-state index in [1.54, 1.807) is 49.4 Å². The molecule has 1 aliphatic carbocycles. The highest BCUT2D eigenvalue weighted by Crippen LogP contribution is 2.32. The summed E-state index contributed by atoms with van der Waals surface area (Å²) >= 11 is 0. The van der Waals surface area contributed by atoms with Gasteiger partial charge in [0.15, 0.2) is 11.6 Å². The van der Waals surface area contributed by atoms with Gasteiger partial charge < -0.3 is 14.6 Å². The molecule has 1 N–H and O–H groups in total. The summed E-state index contributed by atoms with van der Waals surface area (Å²) < 4.78 is 54.5. The summed E-state index contributed by atoms with van der Waals surface area (Å²) in [6, 6.07) is 14.9. The number of carbonyl (C=O) groups is 1. The summed E-state index contributed by atoms with van der Waals surface area (Å²) in [5.41, 5.74) is 2.12. The fraction of sp³-hybridized carbons (Fsp3) is 0.207. The second kappa shape index (κ2) is 10.9. The Hall–Kier alpha value is -3.68. The van der Waals surface area contributed by atoms with E-state index in [9.17, 15) is 23.1 Å². The third-order valence-corrected chi connectivity index (χ3v) is 5.91. The Bertz CT molecular complexity index is 1310. The first kappa shape index (κ1) is 25.4. The van der Waals surface area contributed by atoms with Gasteiger partial charge >= 0.3 is 5.97 Å². The number of halogens is 3. The molecule has 3 aromatic carbocycles. The standard InChI is InChI=1S/C29H25F3O4/c1-3-35-22-12-13-23(25(30)16-22)19-8-10-21(11-9-19)29(34)36-26-15-14-24(27(31)28(26)32)20-6-4-18(5-7-20)17(2)33/h4-11,13-17,22,33H,3,12H2,1-2H3. The highest BCUT2D eigenvalue weighted by Gasteiger charge is 2.20. The van der Waals surface area contributed by atoms with E-state index in [4.69, 9.17) is 9.47 Å².